The van der Waals surface area contributed by atoms with E-state index in [9.17, 15) is 9.90 Å². The molecule has 2 heterocycles. The van der Waals surface area contributed by atoms with E-state index in [-0.39, 0.29) is 12.0 Å². The highest BCUT2D eigenvalue weighted by molar-refractivity contribution is 5.76. The maximum atomic E-state index is 11.8. The van der Waals surface area contributed by atoms with Gasteiger partial charge in [0, 0.05) is 26.1 Å². The van der Waals surface area contributed by atoms with Gasteiger partial charge in [-0.15, -0.1) is 0 Å². The Bertz CT molecular complexity index is 472. The molecule has 1 aromatic heterocycles. The van der Waals surface area contributed by atoms with E-state index in [2.05, 4.69) is 18.1 Å². The van der Waals surface area contributed by atoms with Crippen LogP contribution in [0.15, 0.2) is 6.07 Å². The highest BCUT2D eigenvalue weighted by Gasteiger charge is 2.37. The number of aromatic nitrogens is 2. The van der Waals surface area contributed by atoms with Gasteiger partial charge in [-0.05, 0) is 19.4 Å². The number of hydrogen-bond donors (Lipinski definition) is 1. The minimum absolute atomic E-state index is 0.278. The number of ether oxygens (including phenoxy) is 1. The molecule has 112 valence electrons. The topological polar surface area (TPSA) is 67.6 Å². The summed E-state index contributed by atoms with van der Waals surface area (Å²) in [5.74, 6) is -0.278. The van der Waals surface area contributed by atoms with Crippen LogP contribution in [-0.4, -0.2) is 51.6 Å². The van der Waals surface area contributed by atoms with E-state index < -0.39 is 6.10 Å². The van der Waals surface area contributed by atoms with Crippen molar-refractivity contribution in [2.45, 2.75) is 51.9 Å². The summed E-state index contributed by atoms with van der Waals surface area (Å²) in [5, 5.41) is 14.3. The smallest absolute Gasteiger partial charge is 0.323 e. The Balaban J connectivity index is 2.15. The highest BCUT2D eigenvalue weighted by atomic mass is 16.5. The molecular formula is C14H23N3O3. The second kappa shape index (κ2) is 6.37. The zero-order valence-corrected chi connectivity index (χ0v) is 12.4. The molecule has 0 bridgehead atoms. The summed E-state index contributed by atoms with van der Waals surface area (Å²) < 4.78 is 6.78. The van der Waals surface area contributed by atoms with Crippen molar-refractivity contribution in [3.05, 3.63) is 17.5 Å². The average molecular weight is 281 g/mol. The first kappa shape index (κ1) is 15.0. The van der Waals surface area contributed by atoms with Crippen LogP contribution >= 0.6 is 0 Å². The number of aliphatic hydroxyl groups is 1. The Kier molecular flexibility index (Phi) is 4.77. The molecule has 1 aliphatic rings. The van der Waals surface area contributed by atoms with Gasteiger partial charge in [-0.3, -0.25) is 14.4 Å². The van der Waals surface area contributed by atoms with Gasteiger partial charge in [0.1, 0.15) is 6.04 Å². The maximum absolute atomic E-state index is 11.8. The number of β-amino-alcohol motifs (C(OH)–C–C–N with tert-alkyl or cyclic N) is 1. The molecule has 1 N–H and O–H groups in total. The Morgan fingerprint density at radius 2 is 2.30 bits per heavy atom. The van der Waals surface area contributed by atoms with E-state index in [0.29, 0.717) is 19.5 Å². The molecule has 1 saturated heterocycles. The molecule has 2 unspecified atom stereocenters. The number of carbonyl (C=O) groups excluding carboxylic acids is 1. The lowest BCUT2D eigenvalue weighted by atomic mass is 10.2. The number of nitrogens with zero attached hydrogens (tertiary/aromatic N) is 3. The normalized spacial score (nSPS) is 23.2. The van der Waals surface area contributed by atoms with Crippen molar-refractivity contribution in [3.8, 4) is 0 Å². The van der Waals surface area contributed by atoms with Crippen LogP contribution in [0, 0.1) is 0 Å². The molecule has 2 rings (SSSR count). The Hall–Kier alpha value is -1.40. The second-order valence-electron chi connectivity index (χ2n) is 5.15. The van der Waals surface area contributed by atoms with Crippen molar-refractivity contribution >= 4 is 5.97 Å². The molecule has 1 fully saturated rings. The van der Waals surface area contributed by atoms with Crippen molar-refractivity contribution in [2.75, 3.05) is 13.7 Å². The van der Waals surface area contributed by atoms with Crippen LogP contribution in [0.3, 0.4) is 0 Å². The Morgan fingerprint density at radius 1 is 1.55 bits per heavy atom. The molecule has 6 nitrogen and oxygen atoms in total. The van der Waals surface area contributed by atoms with E-state index in [4.69, 9.17) is 4.74 Å². The molecule has 0 saturated carbocycles. The van der Waals surface area contributed by atoms with Crippen molar-refractivity contribution in [1.82, 2.24) is 14.7 Å². The van der Waals surface area contributed by atoms with Crippen LogP contribution in [-0.2, 0) is 29.0 Å². The zero-order valence-electron chi connectivity index (χ0n) is 12.4. The molecule has 0 aliphatic carbocycles. The van der Waals surface area contributed by atoms with Gasteiger partial charge < -0.3 is 9.84 Å². The third-order valence-corrected chi connectivity index (χ3v) is 3.80. The summed E-state index contributed by atoms with van der Waals surface area (Å²) in [6, 6.07) is 1.71. The molecule has 1 aliphatic heterocycles. The Morgan fingerprint density at radius 3 is 2.90 bits per heavy atom. The second-order valence-corrected chi connectivity index (χ2v) is 5.15. The first-order valence-corrected chi connectivity index (χ1v) is 7.14. The standard InChI is InChI=1S/C14H23N3O3/c1-4-10-6-11(17(5-2)15-10)8-16-9-12(18)7-13(16)14(19)20-3/h6,12-13,18H,4-5,7-9H2,1-3H3. The summed E-state index contributed by atoms with van der Waals surface area (Å²) in [6.45, 7) is 6.03. The van der Waals surface area contributed by atoms with Crippen molar-refractivity contribution in [3.63, 3.8) is 0 Å². The van der Waals surface area contributed by atoms with Gasteiger partial charge in [0.15, 0.2) is 0 Å². The number of hydrogen-bond acceptors (Lipinski definition) is 5. The fraction of sp³-hybridized carbons (Fsp3) is 0.714. The predicted octanol–water partition coefficient (Wildman–Crippen LogP) is 0.574. The average Bonchev–Trinajstić information content (AvgIpc) is 3.01. The van der Waals surface area contributed by atoms with Gasteiger partial charge in [-0.1, -0.05) is 6.92 Å². The third kappa shape index (κ3) is 3.02. The summed E-state index contributed by atoms with van der Waals surface area (Å²) >= 11 is 0. The monoisotopic (exact) mass is 281 g/mol. The van der Waals surface area contributed by atoms with Gasteiger partial charge in [0.05, 0.1) is 24.6 Å². The van der Waals surface area contributed by atoms with E-state index in [0.717, 1.165) is 24.4 Å². The van der Waals surface area contributed by atoms with Crippen LogP contribution in [0.25, 0.3) is 0 Å². The van der Waals surface area contributed by atoms with Crippen molar-refractivity contribution in [2.24, 2.45) is 0 Å². The summed E-state index contributed by atoms with van der Waals surface area (Å²) in [6.07, 6.45) is 0.860. The van der Waals surface area contributed by atoms with Gasteiger partial charge in [0.25, 0.3) is 0 Å². The number of methoxy groups -OCH3 is 1. The lowest BCUT2D eigenvalue weighted by Crippen LogP contribution is -2.36. The van der Waals surface area contributed by atoms with Crippen LogP contribution in [0.4, 0.5) is 0 Å². The molecule has 0 aromatic carbocycles. The molecule has 0 spiro atoms. The summed E-state index contributed by atoms with van der Waals surface area (Å²) in [5.41, 5.74) is 2.13. The van der Waals surface area contributed by atoms with E-state index >= 15 is 0 Å². The summed E-state index contributed by atoms with van der Waals surface area (Å²) in [4.78, 5) is 13.8. The summed E-state index contributed by atoms with van der Waals surface area (Å²) in [7, 11) is 1.39. The van der Waals surface area contributed by atoms with Crippen molar-refractivity contribution < 1.29 is 14.6 Å². The molecular weight excluding hydrogens is 258 g/mol. The lowest BCUT2D eigenvalue weighted by Gasteiger charge is -2.22. The lowest BCUT2D eigenvalue weighted by molar-refractivity contribution is -0.146. The number of aliphatic hydroxyl groups excluding tert-OH is 1. The van der Waals surface area contributed by atoms with Crippen LogP contribution in [0.5, 0.6) is 0 Å². The van der Waals surface area contributed by atoms with Crippen molar-refractivity contribution in [1.29, 1.82) is 0 Å². The molecule has 6 heteroatoms. The first-order chi connectivity index (χ1) is 9.58. The molecule has 2 atom stereocenters. The number of carbonyl (C=O) groups is 1. The van der Waals surface area contributed by atoms with Gasteiger partial charge in [-0.25, -0.2) is 0 Å². The largest absolute Gasteiger partial charge is 0.468 e. The highest BCUT2D eigenvalue weighted by Crippen LogP contribution is 2.22. The number of rotatable bonds is 5. The predicted molar refractivity (Wildman–Crippen MR) is 74.1 cm³/mol. The Labute approximate surface area is 119 Å². The van der Waals surface area contributed by atoms with E-state index in [1.54, 1.807) is 0 Å². The van der Waals surface area contributed by atoms with Gasteiger partial charge in [0.2, 0.25) is 0 Å². The number of likely N-dealkylation sites (tertiary alicyclic amines) is 1. The number of esters is 1. The first-order valence-electron chi connectivity index (χ1n) is 7.14. The van der Waals surface area contributed by atoms with E-state index in [1.807, 2.05) is 16.5 Å². The maximum Gasteiger partial charge on any atom is 0.323 e. The third-order valence-electron chi connectivity index (χ3n) is 3.80. The van der Waals surface area contributed by atoms with Gasteiger partial charge in [-0.2, -0.15) is 5.10 Å². The fourth-order valence-electron chi connectivity index (χ4n) is 2.73. The quantitative estimate of drug-likeness (QED) is 0.799. The molecule has 0 amide bonds. The molecule has 1 aromatic rings. The molecule has 20 heavy (non-hydrogen) atoms. The fourth-order valence-corrected chi connectivity index (χ4v) is 2.73. The van der Waals surface area contributed by atoms with Crippen LogP contribution in [0.1, 0.15) is 31.7 Å². The SMILES string of the molecule is CCc1cc(CN2CC(O)CC2C(=O)OC)n(CC)n1. The minimum Gasteiger partial charge on any atom is -0.468 e. The number of aryl methyl sites for hydroxylation is 2. The van der Waals surface area contributed by atoms with Gasteiger partial charge >= 0.3 is 5.97 Å². The minimum atomic E-state index is -0.470. The van der Waals surface area contributed by atoms with E-state index in [1.165, 1.54) is 7.11 Å². The van der Waals surface area contributed by atoms with Crippen LogP contribution < -0.4 is 0 Å². The zero-order chi connectivity index (χ0) is 14.7. The van der Waals surface area contributed by atoms with Crippen LogP contribution in [0.2, 0.25) is 0 Å². The molecule has 0 radical (unpaired) electrons.